The summed E-state index contributed by atoms with van der Waals surface area (Å²) in [6, 6.07) is 4.17. The lowest BCUT2D eigenvalue weighted by Gasteiger charge is -2.21. The molecule has 1 atom stereocenters. The number of anilines is 1. The Bertz CT molecular complexity index is 349. The molecule has 1 aromatic rings. The van der Waals surface area contributed by atoms with Crippen LogP contribution in [0.5, 0.6) is 0 Å². The van der Waals surface area contributed by atoms with E-state index in [0.717, 1.165) is 37.1 Å². The van der Waals surface area contributed by atoms with Gasteiger partial charge in [-0.25, -0.2) is 0 Å². The number of hydrogen-bond donors (Lipinski definition) is 1. The first-order chi connectivity index (χ1) is 8.83. The Hall–Kier alpha value is -1.16. The zero-order valence-corrected chi connectivity index (χ0v) is 11.5. The molecular weight excluding hydrogens is 224 g/mol. The summed E-state index contributed by atoms with van der Waals surface area (Å²) in [6.45, 7) is 5.33. The predicted molar refractivity (Wildman–Crippen MR) is 74.6 cm³/mol. The molecule has 0 saturated carbocycles. The monoisotopic (exact) mass is 248 g/mol. The van der Waals surface area contributed by atoms with Crippen LogP contribution < -0.4 is 10.2 Å². The third kappa shape index (κ3) is 3.42. The van der Waals surface area contributed by atoms with Gasteiger partial charge >= 0.3 is 0 Å². The highest BCUT2D eigenvalue weighted by atomic mass is 15.3. The second kappa shape index (κ2) is 6.69. The molecule has 18 heavy (non-hydrogen) atoms. The van der Waals surface area contributed by atoms with Crippen LogP contribution >= 0.6 is 0 Å². The summed E-state index contributed by atoms with van der Waals surface area (Å²) >= 11 is 0. The van der Waals surface area contributed by atoms with E-state index in [-0.39, 0.29) is 0 Å². The maximum Gasteiger partial charge on any atom is 0.151 e. The molecule has 1 fully saturated rings. The Morgan fingerprint density at radius 2 is 2.17 bits per heavy atom. The van der Waals surface area contributed by atoms with Crippen LogP contribution in [-0.2, 0) is 6.54 Å². The number of nitrogens with one attached hydrogen (secondary N) is 1. The van der Waals surface area contributed by atoms with Crippen LogP contribution in [0.3, 0.4) is 0 Å². The minimum atomic E-state index is 0.783. The molecule has 1 saturated heterocycles. The van der Waals surface area contributed by atoms with E-state index in [1.165, 1.54) is 25.7 Å². The van der Waals surface area contributed by atoms with Gasteiger partial charge in [-0.3, -0.25) is 0 Å². The van der Waals surface area contributed by atoms with E-state index in [9.17, 15) is 0 Å². The van der Waals surface area contributed by atoms with Crippen LogP contribution in [0.1, 0.15) is 38.3 Å². The first-order valence-electron chi connectivity index (χ1n) is 7.05. The van der Waals surface area contributed by atoms with E-state index in [0.29, 0.717) is 0 Å². The topological polar surface area (TPSA) is 41.0 Å². The number of rotatable bonds is 4. The molecule has 0 amide bonds. The summed E-state index contributed by atoms with van der Waals surface area (Å²) in [7, 11) is 1.93. The van der Waals surface area contributed by atoms with Gasteiger partial charge in [-0.1, -0.05) is 13.3 Å². The Labute approximate surface area is 110 Å². The number of aromatic nitrogens is 2. The van der Waals surface area contributed by atoms with Crippen molar-refractivity contribution in [1.82, 2.24) is 15.5 Å². The van der Waals surface area contributed by atoms with E-state index in [1.54, 1.807) is 0 Å². The summed E-state index contributed by atoms with van der Waals surface area (Å²) in [6.07, 6.45) is 5.23. The maximum atomic E-state index is 4.35. The van der Waals surface area contributed by atoms with Gasteiger partial charge in [0.15, 0.2) is 5.82 Å². The van der Waals surface area contributed by atoms with Crippen LogP contribution in [0.15, 0.2) is 12.1 Å². The van der Waals surface area contributed by atoms with Gasteiger partial charge in [0.05, 0.1) is 5.69 Å². The molecule has 0 radical (unpaired) electrons. The van der Waals surface area contributed by atoms with E-state index in [4.69, 9.17) is 0 Å². The molecule has 2 heterocycles. The Morgan fingerprint density at radius 1 is 1.28 bits per heavy atom. The van der Waals surface area contributed by atoms with Gasteiger partial charge in [-0.2, -0.15) is 5.10 Å². The van der Waals surface area contributed by atoms with Gasteiger partial charge in [0.1, 0.15) is 0 Å². The molecule has 1 aliphatic heterocycles. The SMILES string of the molecule is CCC1CCCN(c2ccc(CNC)nn2)CC1. The second-order valence-corrected chi connectivity index (χ2v) is 5.11. The molecular formula is C14H24N4. The average molecular weight is 248 g/mol. The normalized spacial score (nSPS) is 20.8. The van der Waals surface area contributed by atoms with E-state index in [2.05, 4.69) is 39.5 Å². The first-order valence-corrected chi connectivity index (χ1v) is 7.05. The lowest BCUT2D eigenvalue weighted by atomic mass is 9.98. The Balaban J connectivity index is 1.98. The Kier molecular flexibility index (Phi) is 4.93. The van der Waals surface area contributed by atoms with Crippen molar-refractivity contribution in [2.24, 2.45) is 5.92 Å². The fourth-order valence-corrected chi connectivity index (χ4v) is 2.60. The molecule has 4 heteroatoms. The maximum absolute atomic E-state index is 4.35. The molecule has 0 aliphatic carbocycles. The number of hydrogen-bond acceptors (Lipinski definition) is 4. The van der Waals surface area contributed by atoms with Gasteiger partial charge in [-0.15, -0.1) is 5.10 Å². The lowest BCUT2D eigenvalue weighted by Crippen LogP contribution is -2.25. The average Bonchev–Trinajstić information content (AvgIpc) is 2.65. The summed E-state index contributed by atoms with van der Waals surface area (Å²) in [4.78, 5) is 2.38. The quantitative estimate of drug-likeness (QED) is 0.887. The van der Waals surface area contributed by atoms with Crippen molar-refractivity contribution in [3.8, 4) is 0 Å². The Morgan fingerprint density at radius 3 is 2.83 bits per heavy atom. The van der Waals surface area contributed by atoms with Gasteiger partial charge in [0.2, 0.25) is 0 Å². The largest absolute Gasteiger partial charge is 0.355 e. The molecule has 1 unspecified atom stereocenters. The summed E-state index contributed by atoms with van der Waals surface area (Å²) in [5, 5.41) is 11.7. The van der Waals surface area contributed by atoms with Gasteiger partial charge < -0.3 is 10.2 Å². The van der Waals surface area contributed by atoms with Crippen molar-refractivity contribution in [3.63, 3.8) is 0 Å². The van der Waals surface area contributed by atoms with Gasteiger partial charge in [0.25, 0.3) is 0 Å². The molecule has 0 aromatic carbocycles. The predicted octanol–water partition coefficient (Wildman–Crippen LogP) is 2.21. The molecule has 1 aliphatic rings. The molecule has 4 nitrogen and oxygen atoms in total. The molecule has 100 valence electrons. The van der Waals surface area contributed by atoms with Crippen LogP contribution in [0.25, 0.3) is 0 Å². The van der Waals surface area contributed by atoms with E-state index >= 15 is 0 Å². The van der Waals surface area contributed by atoms with Crippen LogP contribution in [0, 0.1) is 5.92 Å². The summed E-state index contributed by atoms with van der Waals surface area (Å²) < 4.78 is 0. The van der Waals surface area contributed by atoms with Crippen molar-refractivity contribution in [2.75, 3.05) is 25.0 Å². The fraction of sp³-hybridized carbons (Fsp3) is 0.714. The third-order valence-corrected chi connectivity index (χ3v) is 3.81. The van der Waals surface area contributed by atoms with Crippen molar-refractivity contribution in [1.29, 1.82) is 0 Å². The van der Waals surface area contributed by atoms with Gasteiger partial charge in [0, 0.05) is 19.6 Å². The smallest absolute Gasteiger partial charge is 0.151 e. The van der Waals surface area contributed by atoms with Crippen LogP contribution in [-0.4, -0.2) is 30.3 Å². The summed E-state index contributed by atoms with van der Waals surface area (Å²) in [5.74, 6) is 1.93. The standard InChI is InChI=1S/C14H24N4/c1-3-12-5-4-9-18(10-8-12)14-7-6-13(11-15-2)16-17-14/h6-7,12,15H,3-5,8-11H2,1-2H3. The molecule has 1 aromatic heterocycles. The molecule has 1 N–H and O–H groups in total. The second-order valence-electron chi connectivity index (χ2n) is 5.11. The fourth-order valence-electron chi connectivity index (χ4n) is 2.60. The van der Waals surface area contributed by atoms with Crippen LogP contribution in [0.4, 0.5) is 5.82 Å². The minimum Gasteiger partial charge on any atom is -0.355 e. The molecule has 0 bridgehead atoms. The lowest BCUT2D eigenvalue weighted by molar-refractivity contribution is 0.459. The highest BCUT2D eigenvalue weighted by molar-refractivity contribution is 5.37. The van der Waals surface area contributed by atoms with Crippen molar-refractivity contribution >= 4 is 5.82 Å². The zero-order chi connectivity index (χ0) is 12.8. The zero-order valence-electron chi connectivity index (χ0n) is 11.5. The number of nitrogens with zero attached hydrogens (tertiary/aromatic N) is 3. The van der Waals surface area contributed by atoms with Crippen molar-refractivity contribution < 1.29 is 0 Å². The molecule has 2 rings (SSSR count). The van der Waals surface area contributed by atoms with E-state index < -0.39 is 0 Å². The van der Waals surface area contributed by atoms with Crippen LogP contribution in [0.2, 0.25) is 0 Å². The van der Waals surface area contributed by atoms with E-state index in [1.807, 2.05) is 7.05 Å². The first kappa shape index (κ1) is 13.3. The highest BCUT2D eigenvalue weighted by Gasteiger charge is 2.16. The third-order valence-electron chi connectivity index (χ3n) is 3.81. The minimum absolute atomic E-state index is 0.783. The molecule has 0 spiro atoms. The van der Waals surface area contributed by atoms with Crippen molar-refractivity contribution in [3.05, 3.63) is 17.8 Å². The van der Waals surface area contributed by atoms with Crippen molar-refractivity contribution in [2.45, 2.75) is 39.2 Å². The van der Waals surface area contributed by atoms with Gasteiger partial charge in [-0.05, 0) is 44.4 Å². The highest BCUT2D eigenvalue weighted by Crippen LogP contribution is 2.22. The summed E-state index contributed by atoms with van der Waals surface area (Å²) in [5.41, 5.74) is 1.00.